The summed E-state index contributed by atoms with van der Waals surface area (Å²) in [5.41, 5.74) is 0. The van der Waals surface area contributed by atoms with E-state index in [4.69, 9.17) is 22.1 Å². The van der Waals surface area contributed by atoms with Crippen molar-refractivity contribution in [3.63, 3.8) is 0 Å². The topological polar surface area (TPSA) is 61.4 Å². The van der Waals surface area contributed by atoms with Crippen molar-refractivity contribution in [2.45, 2.75) is 76.4 Å². The molecule has 32 heavy (non-hydrogen) atoms. The van der Waals surface area contributed by atoms with Crippen molar-refractivity contribution >= 4 is 27.6 Å². The molecule has 3 radical (unpaired) electrons. The molecule has 0 aromatic rings. The lowest BCUT2D eigenvalue weighted by Gasteiger charge is -2.32. The van der Waals surface area contributed by atoms with Gasteiger partial charge in [-0.3, -0.25) is 0 Å². The van der Waals surface area contributed by atoms with Gasteiger partial charge >= 0.3 is 18.1 Å². The van der Waals surface area contributed by atoms with Gasteiger partial charge in [-0.05, 0) is 51.6 Å². The first-order chi connectivity index (χ1) is 15.4. The molecule has 0 heterocycles. The van der Waals surface area contributed by atoms with Gasteiger partial charge in [0.25, 0.3) is 0 Å². The molecule has 0 bridgehead atoms. The maximum Gasteiger partial charge on any atom is 0.500 e. The largest absolute Gasteiger partial charge is 0.500 e. The van der Waals surface area contributed by atoms with Crippen LogP contribution in [0.4, 0.5) is 0 Å². The Bertz CT molecular complexity index is 420. The van der Waals surface area contributed by atoms with Crippen molar-refractivity contribution in [1.82, 2.24) is 10.2 Å². The second-order valence-electron chi connectivity index (χ2n) is 8.32. The summed E-state index contributed by atoms with van der Waals surface area (Å²) in [6.45, 7) is 11.3. The van der Waals surface area contributed by atoms with Crippen molar-refractivity contribution in [3.8, 4) is 0 Å². The zero-order chi connectivity index (χ0) is 24.3. The molecule has 0 aromatic carbocycles. The summed E-state index contributed by atoms with van der Waals surface area (Å²) in [6, 6.07) is 0.823. The molecule has 0 amide bonds. The molecule has 10 heteroatoms. The van der Waals surface area contributed by atoms with E-state index in [1.807, 2.05) is 0 Å². The van der Waals surface area contributed by atoms with Gasteiger partial charge in [-0.15, -0.1) is 0 Å². The Labute approximate surface area is 204 Å². The molecule has 0 aliphatic rings. The van der Waals surface area contributed by atoms with E-state index in [0.717, 1.165) is 47.8 Å². The van der Waals surface area contributed by atoms with E-state index in [1.54, 1.807) is 35.5 Å². The minimum Gasteiger partial charge on any atom is -0.397 e. The highest BCUT2D eigenvalue weighted by Gasteiger charge is 2.39. The zero-order valence-electron chi connectivity index (χ0n) is 22.2. The maximum absolute atomic E-state index is 5.79. The first-order valence-electron chi connectivity index (χ1n) is 12.2. The summed E-state index contributed by atoms with van der Waals surface area (Å²) in [5, 5.41) is 3.60. The van der Waals surface area contributed by atoms with Crippen LogP contribution in [0, 0.1) is 0 Å². The molecule has 0 aliphatic carbocycles. The van der Waals surface area contributed by atoms with Crippen LogP contribution in [0.3, 0.4) is 0 Å². The summed E-state index contributed by atoms with van der Waals surface area (Å²) in [6.07, 6.45) is 9.65. The Hall–Kier alpha value is 0.371. The summed E-state index contributed by atoms with van der Waals surface area (Å²) >= 11 is 0. The molecular formula is C22H51N2O5Si3. The van der Waals surface area contributed by atoms with Gasteiger partial charge in [-0.25, -0.2) is 0 Å². The van der Waals surface area contributed by atoms with Crippen LogP contribution in [0.2, 0.25) is 10.7 Å². The molecule has 0 rings (SSSR count). The quantitative estimate of drug-likeness (QED) is 0.167. The normalized spacial score (nSPS) is 14.4. The third-order valence-electron chi connectivity index (χ3n) is 6.24. The van der Waals surface area contributed by atoms with Crippen LogP contribution < -0.4 is 5.32 Å². The molecule has 0 fully saturated rings. The molecule has 191 valence electrons. The molecule has 1 atom stereocenters. The van der Waals surface area contributed by atoms with Crippen molar-refractivity contribution < 1.29 is 22.1 Å². The number of unbranched alkanes of at least 4 members (excludes halogenated alkanes) is 4. The first-order valence-corrected chi connectivity index (χ1v) is 16.6. The van der Waals surface area contributed by atoms with E-state index in [-0.39, 0.29) is 4.66 Å². The van der Waals surface area contributed by atoms with Gasteiger partial charge in [0.1, 0.15) is 0 Å². The predicted octanol–water partition coefficient (Wildman–Crippen LogP) is 3.69. The SMILES string of the molecule is CCN(CC)CCCCCCCC(C)([Si]CNCCC[Si](OC)(OC)OC)[Si](OC)OC. The highest BCUT2D eigenvalue weighted by Crippen LogP contribution is 2.35. The fourth-order valence-corrected chi connectivity index (χ4v) is 9.68. The Morgan fingerprint density at radius 3 is 1.94 bits per heavy atom. The monoisotopic (exact) mass is 507 g/mol. The Morgan fingerprint density at radius 1 is 0.844 bits per heavy atom. The van der Waals surface area contributed by atoms with Crippen LogP contribution in [0.15, 0.2) is 0 Å². The Balaban J connectivity index is 4.29. The lowest BCUT2D eigenvalue weighted by molar-refractivity contribution is 0.123. The number of nitrogens with zero attached hydrogens (tertiary/aromatic N) is 1. The van der Waals surface area contributed by atoms with Crippen LogP contribution in [0.1, 0.15) is 65.7 Å². The summed E-state index contributed by atoms with van der Waals surface area (Å²) < 4.78 is 28.2. The van der Waals surface area contributed by atoms with Gasteiger partial charge in [0.05, 0.1) is 9.52 Å². The number of nitrogens with one attached hydrogen (secondary N) is 1. The van der Waals surface area contributed by atoms with Gasteiger partial charge < -0.3 is 32.3 Å². The predicted molar refractivity (Wildman–Crippen MR) is 138 cm³/mol. The molecule has 1 unspecified atom stereocenters. The molecule has 0 spiro atoms. The average Bonchev–Trinajstić information content (AvgIpc) is 2.82. The fraction of sp³-hybridized carbons (Fsp3) is 1.00. The Kier molecular flexibility index (Phi) is 19.9. The van der Waals surface area contributed by atoms with E-state index < -0.39 is 18.1 Å². The van der Waals surface area contributed by atoms with Crippen LogP contribution >= 0.6 is 0 Å². The maximum atomic E-state index is 5.79. The summed E-state index contributed by atoms with van der Waals surface area (Å²) in [7, 11) is 5.63. The Morgan fingerprint density at radius 2 is 1.41 bits per heavy atom. The second kappa shape index (κ2) is 19.7. The molecule has 1 N–H and O–H groups in total. The number of hydrogen-bond acceptors (Lipinski definition) is 7. The number of hydrogen-bond donors (Lipinski definition) is 1. The summed E-state index contributed by atoms with van der Waals surface area (Å²) in [4.78, 5) is 2.51. The highest BCUT2D eigenvalue weighted by atomic mass is 28.4. The van der Waals surface area contributed by atoms with Crippen molar-refractivity contribution in [2.75, 3.05) is 67.9 Å². The van der Waals surface area contributed by atoms with E-state index in [0.29, 0.717) is 0 Å². The molecular weight excluding hydrogens is 457 g/mol. The van der Waals surface area contributed by atoms with Crippen molar-refractivity contribution in [1.29, 1.82) is 0 Å². The summed E-state index contributed by atoms with van der Waals surface area (Å²) in [5.74, 6) is 0. The minimum atomic E-state index is -2.46. The highest BCUT2D eigenvalue weighted by molar-refractivity contribution is 6.66. The third-order valence-corrected chi connectivity index (χ3v) is 13.6. The lowest BCUT2D eigenvalue weighted by Crippen LogP contribution is -2.44. The zero-order valence-corrected chi connectivity index (χ0v) is 25.2. The van der Waals surface area contributed by atoms with E-state index >= 15 is 0 Å². The lowest BCUT2D eigenvalue weighted by atomic mass is 10.1. The molecule has 0 aliphatic heterocycles. The standard InChI is InChI=1S/C22H51N2O5Si3/c1-9-24(10-2)19-15-13-11-12-14-17-22(3,31(25-4)26-5)30-21-23-18-16-20-32(27-6,28-7)29-8/h23H,9-21H2,1-8H3. The van der Waals surface area contributed by atoms with Gasteiger partial charge in [0.15, 0.2) is 0 Å². The molecule has 7 nitrogen and oxygen atoms in total. The van der Waals surface area contributed by atoms with Crippen LogP contribution in [-0.2, 0) is 22.1 Å². The molecule has 0 saturated carbocycles. The third kappa shape index (κ3) is 12.7. The van der Waals surface area contributed by atoms with Gasteiger partial charge in [-0.1, -0.05) is 46.5 Å². The van der Waals surface area contributed by atoms with E-state index in [2.05, 4.69) is 31.0 Å². The number of rotatable bonds is 23. The van der Waals surface area contributed by atoms with Crippen LogP contribution in [-0.4, -0.2) is 100 Å². The fourth-order valence-electron chi connectivity index (χ4n) is 4.01. The molecule has 0 saturated heterocycles. The average molecular weight is 508 g/mol. The van der Waals surface area contributed by atoms with E-state index in [9.17, 15) is 0 Å². The van der Waals surface area contributed by atoms with Gasteiger partial charge in [0, 0.05) is 46.3 Å². The van der Waals surface area contributed by atoms with Crippen molar-refractivity contribution in [3.05, 3.63) is 0 Å². The minimum absolute atomic E-state index is 0.131. The molecule has 0 aromatic heterocycles. The van der Waals surface area contributed by atoms with Crippen LogP contribution in [0.25, 0.3) is 0 Å². The van der Waals surface area contributed by atoms with Gasteiger partial charge in [-0.2, -0.15) is 0 Å². The van der Waals surface area contributed by atoms with Gasteiger partial charge in [0.2, 0.25) is 0 Å². The second-order valence-corrected chi connectivity index (χ2v) is 16.2. The van der Waals surface area contributed by atoms with Crippen molar-refractivity contribution in [2.24, 2.45) is 0 Å². The smallest absolute Gasteiger partial charge is 0.397 e. The first kappa shape index (κ1) is 32.4. The van der Waals surface area contributed by atoms with Crippen LogP contribution in [0.5, 0.6) is 0 Å². The van der Waals surface area contributed by atoms with E-state index in [1.165, 1.54) is 45.1 Å².